The molecule has 4 N–H and O–H groups in total. The molecule has 0 atom stereocenters. The highest BCUT2D eigenvalue weighted by Gasteiger charge is 2.15. The molecule has 0 radical (unpaired) electrons. The fourth-order valence-electron chi connectivity index (χ4n) is 1.36. The number of halogens is 1. The summed E-state index contributed by atoms with van der Waals surface area (Å²) < 4.78 is 18.6. The normalized spacial score (nSPS) is 9.69. The molecule has 1 aromatic carbocycles. The third kappa shape index (κ3) is 2.01. The molecular formula is C10H13FN4O. The lowest BCUT2D eigenvalue weighted by Crippen LogP contribution is -2.21. The van der Waals surface area contributed by atoms with E-state index in [9.17, 15) is 4.39 Å². The number of methoxy groups -OCH3 is 1. The number of nitrogens with zero attached hydrogens (tertiary/aromatic N) is 1. The second-order valence-electron chi connectivity index (χ2n) is 2.95. The lowest BCUT2D eigenvalue weighted by molar-refractivity contribution is 0.384. The lowest BCUT2D eigenvalue weighted by Gasteiger charge is -2.18. The maximum absolute atomic E-state index is 13.8. The van der Waals surface area contributed by atoms with Gasteiger partial charge in [0.1, 0.15) is 0 Å². The van der Waals surface area contributed by atoms with Crippen molar-refractivity contribution in [2.45, 2.75) is 6.54 Å². The molecule has 0 fully saturated rings. The summed E-state index contributed by atoms with van der Waals surface area (Å²) in [7, 11) is 1.36. The molecule has 0 aliphatic rings. The Kier molecular flexibility index (Phi) is 3.96. The van der Waals surface area contributed by atoms with Gasteiger partial charge in [0.15, 0.2) is 11.6 Å². The van der Waals surface area contributed by atoms with Gasteiger partial charge in [0.25, 0.3) is 0 Å². The van der Waals surface area contributed by atoms with Crippen LogP contribution in [0.1, 0.15) is 5.56 Å². The summed E-state index contributed by atoms with van der Waals surface area (Å²) >= 11 is 0. The predicted octanol–water partition coefficient (Wildman–Crippen LogP) is 1.31. The van der Waals surface area contributed by atoms with Crippen LogP contribution in [0.5, 0.6) is 5.75 Å². The summed E-state index contributed by atoms with van der Waals surface area (Å²) in [5.74, 6) is -0.463. The number of anilines is 1. The molecule has 0 saturated heterocycles. The van der Waals surface area contributed by atoms with E-state index in [2.05, 4.69) is 0 Å². The number of ether oxygens (including phenoxy) is 1. The van der Waals surface area contributed by atoms with E-state index in [4.69, 9.17) is 21.3 Å². The molecule has 0 bridgehead atoms. The van der Waals surface area contributed by atoms with Gasteiger partial charge >= 0.3 is 0 Å². The molecule has 5 nitrogen and oxygen atoms in total. The largest absolute Gasteiger partial charge is 0.494 e. The molecule has 0 aromatic heterocycles. The van der Waals surface area contributed by atoms with Crippen LogP contribution in [0.2, 0.25) is 0 Å². The molecule has 0 spiro atoms. The third-order valence-corrected chi connectivity index (χ3v) is 2.16. The Labute approximate surface area is 92.6 Å². The van der Waals surface area contributed by atoms with Crippen LogP contribution in [0.15, 0.2) is 12.1 Å². The van der Waals surface area contributed by atoms with E-state index in [1.165, 1.54) is 13.2 Å². The number of hydrogen-bond donors (Lipinski definition) is 3. The Hall–Kier alpha value is -1.95. The molecule has 86 valence electrons. The molecule has 16 heavy (non-hydrogen) atoms. The van der Waals surface area contributed by atoms with Crippen LogP contribution >= 0.6 is 0 Å². The average Bonchev–Trinajstić information content (AvgIpc) is 2.31. The fourth-order valence-corrected chi connectivity index (χ4v) is 1.36. The number of benzene rings is 1. The van der Waals surface area contributed by atoms with Crippen LogP contribution in [0.25, 0.3) is 0 Å². The molecule has 0 amide bonds. The summed E-state index contributed by atoms with van der Waals surface area (Å²) in [6, 6.07) is 2.99. The Morgan fingerprint density at radius 2 is 2.06 bits per heavy atom. The summed E-state index contributed by atoms with van der Waals surface area (Å²) in [5, 5.41) is 14.2. The molecule has 0 aliphatic heterocycles. The third-order valence-electron chi connectivity index (χ3n) is 2.16. The predicted molar refractivity (Wildman–Crippen MR) is 60.9 cm³/mol. The molecule has 1 rings (SSSR count). The minimum absolute atomic E-state index is 0.0312. The molecule has 0 heterocycles. The second kappa shape index (κ2) is 5.22. The SMILES string of the molecule is COc1ccc(N(C=N)C=N)c(CN)c1F. The van der Waals surface area contributed by atoms with Crippen LogP contribution in [0, 0.1) is 16.6 Å². The van der Waals surface area contributed by atoms with Crippen LogP contribution in [0.3, 0.4) is 0 Å². The van der Waals surface area contributed by atoms with Crippen molar-refractivity contribution in [1.29, 1.82) is 10.8 Å². The van der Waals surface area contributed by atoms with Crippen LogP contribution in [-0.4, -0.2) is 19.8 Å². The highest BCUT2D eigenvalue weighted by molar-refractivity contribution is 5.98. The van der Waals surface area contributed by atoms with Gasteiger partial charge < -0.3 is 10.5 Å². The second-order valence-corrected chi connectivity index (χ2v) is 2.95. The van der Waals surface area contributed by atoms with Crippen molar-refractivity contribution in [3.05, 3.63) is 23.5 Å². The minimum atomic E-state index is -0.559. The van der Waals surface area contributed by atoms with E-state index >= 15 is 0 Å². The van der Waals surface area contributed by atoms with Gasteiger partial charge in [0.2, 0.25) is 0 Å². The van der Waals surface area contributed by atoms with Gasteiger partial charge in [-0.15, -0.1) is 0 Å². The van der Waals surface area contributed by atoms with Crippen molar-refractivity contribution in [2.24, 2.45) is 5.73 Å². The Morgan fingerprint density at radius 3 is 2.50 bits per heavy atom. The van der Waals surface area contributed by atoms with Gasteiger partial charge in [-0.25, -0.2) is 4.39 Å². The summed E-state index contributed by atoms with van der Waals surface area (Å²) in [4.78, 5) is 1.16. The van der Waals surface area contributed by atoms with Crippen LogP contribution in [-0.2, 0) is 6.54 Å². The fraction of sp³-hybridized carbons (Fsp3) is 0.200. The van der Waals surface area contributed by atoms with Crippen molar-refractivity contribution in [1.82, 2.24) is 0 Å². The first-order valence-electron chi connectivity index (χ1n) is 4.54. The standard InChI is InChI=1S/C10H13FN4O/c1-16-9-3-2-8(15(5-13)6-14)7(4-12)10(9)11/h2-3,5-6,13-14H,4,12H2,1H3. The quantitative estimate of drug-likeness (QED) is 0.520. The van der Waals surface area contributed by atoms with E-state index in [0.29, 0.717) is 5.69 Å². The molecule has 0 aliphatic carbocycles. The maximum Gasteiger partial charge on any atom is 0.171 e. The van der Waals surface area contributed by atoms with Gasteiger partial charge in [-0.2, -0.15) is 0 Å². The van der Waals surface area contributed by atoms with Crippen molar-refractivity contribution in [3.63, 3.8) is 0 Å². The number of rotatable bonds is 5. The molecule has 1 aromatic rings. The number of nitrogens with two attached hydrogens (primary N) is 1. The van der Waals surface area contributed by atoms with Crippen molar-refractivity contribution in [2.75, 3.05) is 12.0 Å². The molecular weight excluding hydrogens is 211 g/mol. The van der Waals surface area contributed by atoms with E-state index in [1.807, 2.05) is 0 Å². The highest BCUT2D eigenvalue weighted by atomic mass is 19.1. The van der Waals surface area contributed by atoms with Crippen molar-refractivity contribution >= 4 is 18.4 Å². The van der Waals surface area contributed by atoms with E-state index in [-0.39, 0.29) is 17.9 Å². The Balaban J connectivity index is 3.35. The summed E-state index contributed by atoms with van der Waals surface area (Å²) in [6.07, 6.45) is 1.82. The zero-order valence-electron chi connectivity index (χ0n) is 8.83. The van der Waals surface area contributed by atoms with E-state index < -0.39 is 5.82 Å². The lowest BCUT2D eigenvalue weighted by atomic mass is 10.1. The first-order valence-corrected chi connectivity index (χ1v) is 4.54. The maximum atomic E-state index is 13.8. The molecule has 0 unspecified atom stereocenters. The average molecular weight is 224 g/mol. The first kappa shape index (κ1) is 12.1. The first-order chi connectivity index (χ1) is 7.69. The highest BCUT2D eigenvalue weighted by Crippen LogP contribution is 2.28. The topological polar surface area (TPSA) is 86.2 Å². The van der Waals surface area contributed by atoms with Gasteiger partial charge in [-0.05, 0) is 12.1 Å². The van der Waals surface area contributed by atoms with Crippen LogP contribution < -0.4 is 15.4 Å². The zero-order chi connectivity index (χ0) is 12.1. The van der Waals surface area contributed by atoms with Crippen molar-refractivity contribution < 1.29 is 9.13 Å². The number of hydrogen-bond acceptors (Lipinski definition) is 4. The number of nitrogens with one attached hydrogen (secondary N) is 2. The summed E-state index contributed by atoms with van der Waals surface area (Å²) in [6.45, 7) is -0.0312. The zero-order valence-corrected chi connectivity index (χ0v) is 8.83. The minimum Gasteiger partial charge on any atom is -0.494 e. The Bertz CT molecular complexity index is 400. The molecule has 0 saturated carbocycles. The van der Waals surface area contributed by atoms with E-state index in [0.717, 1.165) is 17.6 Å². The van der Waals surface area contributed by atoms with Gasteiger partial charge in [0, 0.05) is 12.1 Å². The smallest absolute Gasteiger partial charge is 0.171 e. The van der Waals surface area contributed by atoms with Gasteiger partial charge in [0.05, 0.1) is 25.5 Å². The van der Waals surface area contributed by atoms with Crippen LogP contribution in [0.4, 0.5) is 10.1 Å². The van der Waals surface area contributed by atoms with Crippen molar-refractivity contribution in [3.8, 4) is 5.75 Å². The van der Waals surface area contributed by atoms with E-state index in [1.54, 1.807) is 6.07 Å². The molecule has 6 heteroatoms. The van der Waals surface area contributed by atoms with Gasteiger partial charge in [-0.1, -0.05) is 0 Å². The van der Waals surface area contributed by atoms with Gasteiger partial charge in [-0.3, -0.25) is 15.7 Å². The summed E-state index contributed by atoms with van der Waals surface area (Å²) in [5.41, 5.74) is 6.03. The monoisotopic (exact) mass is 224 g/mol. The Morgan fingerprint density at radius 1 is 1.44 bits per heavy atom.